The van der Waals surface area contributed by atoms with Crippen LogP contribution in [0, 0.1) is 0 Å². The smallest absolute Gasteiger partial charge is 0.159 e. The van der Waals surface area contributed by atoms with Crippen molar-refractivity contribution in [2.24, 2.45) is 9.98 Å². The summed E-state index contributed by atoms with van der Waals surface area (Å²) >= 11 is 3.69. The molecule has 6 rings (SSSR count). The minimum absolute atomic E-state index is 0.252. The van der Waals surface area contributed by atoms with Gasteiger partial charge in [0.2, 0.25) is 0 Å². The summed E-state index contributed by atoms with van der Waals surface area (Å²) in [5, 5.41) is 3.55. The Labute approximate surface area is 224 Å². The van der Waals surface area contributed by atoms with Gasteiger partial charge in [-0.25, -0.2) is 9.98 Å². The van der Waals surface area contributed by atoms with E-state index in [9.17, 15) is 0 Å². The fourth-order valence-electron chi connectivity index (χ4n) is 4.40. The van der Waals surface area contributed by atoms with Crippen LogP contribution in [0.4, 0.5) is 0 Å². The van der Waals surface area contributed by atoms with Crippen LogP contribution in [0.25, 0.3) is 22.3 Å². The van der Waals surface area contributed by atoms with Gasteiger partial charge >= 0.3 is 0 Å². The van der Waals surface area contributed by atoms with E-state index in [2.05, 4.69) is 111 Å². The van der Waals surface area contributed by atoms with Crippen molar-refractivity contribution in [2.45, 2.75) is 6.17 Å². The zero-order valence-corrected chi connectivity index (χ0v) is 21.5. The molecule has 0 amide bonds. The van der Waals surface area contributed by atoms with Gasteiger partial charge in [0, 0.05) is 33.6 Å². The van der Waals surface area contributed by atoms with E-state index in [4.69, 9.17) is 9.98 Å². The third kappa shape index (κ3) is 5.13. The van der Waals surface area contributed by atoms with Gasteiger partial charge in [0.05, 0.1) is 0 Å². The fourth-order valence-corrected chi connectivity index (χ4v) is 4.89. The van der Waals surface area contributed by atoms with Crippen molar-refractivity contribution in [2.75, 3.05) is 0 Å². The predicted octanol–water partition coefficient (Wildman–Crippen LogP) is 7.67. The first-order valence-corrected chi connectivity index (χ1v) is 12.9. The van der Waals surface area contributed by atoms with Gasteiger partial charge in [-0.1, -0.05) is 107 Å². The van der Waals surface area contributed by atoms with Crippen LogP contribution in [0.1, 0.15) is 22.9 Å². The molecular formula is C32H23BrN4. The van der Waals surface area contributed by atoms with Crippen LogP contribution in [-0.2, 0) is 0 Å². The SMILES string of the molecule is Brc1cc(C2=NC(c3ccccc3)NC(c3ccc(-c4ccccc4)cc3)=N2)cc(-c2cccnc2)c1. The van der Waals surface area contributed by atoms with E-state index in [1.807, 2.05) is 36.5 Å². The van der Waals surface area contributed by atoms with Gasteiger partial charge in [-0.3, -0.25) is 4.98 Å². The molecule has 0 saturated carbocycles. The van der Waals surface area contributed by atoms with Crippen LogP contribution in [0.2, 0.25) is 0 Å². The van der Waals surface area contributed by atoms with E-state index >= 15 is 0 Å². The van der Waals surface area contributed by atoms with Gasteiger partial charge in [-0.2, -0.15) is 0 Å². The lowest BCUT2D eigenvalue weighted by Crippen LogP contribution is -2.33. The average Bonchev–Trinajstić information content (AvgIpc) is 2.98. The van der Waals surface area contributed by atoms with E-state index in [-0.39, 0.29) is 6.17 Å². The van der Waals surface area contributed by atoms with E-state index < -0.39 is 0 Å². The van der Waals surface area contributed by atoms with E-state index in [0.717, 1.165) is 38.1 Å². The van der Waals surface area contributed by atoms with Crippen LogP contribution in [0.3, 0.4) is 0 Å². The Morgan fingerprint density at radius 1 is 0.595 bits per heavy atom. The summed E-state index contributed by atoms with van der Waals surface area (Å²) < 4.78 is 0.963. The summed E-state index contributed by atoms with van der Waals surface area (Å²) in [5.41, 5.74) is 7.48. The Bertz CT molecular complexity index is 1580. The Kier molecular flexibility index (Phi) is 6.44. The molecule has 37 heavy (non-hydrogen) atoms. The number of pyridine rings is 1. The zero-order chi connectivity index (χ0) is 25.0. The summed E-state index contributed by atoms with van der Waals surface area (Å²) in [5.74, 6) is 1.47. The topological polar surface area (TPSA) is 49.6 Å². The number of hydrogen-bond donors (Lipinski definition) is 1. The summed E-state index contributed by atoms with van der Waals surface area (Å²) in [6, 6.07) is 39.4. The van der Waals surface area contributed by atoms with Gasteiger partial charge in [-0.05, 0) is 46.5 Å². The molecule has 0 bridgehead atoms. The molecule has 4 nitrogen and oxygen atoms in total. The lowest BCUT2D eigenvalue weighted by Gasteiger charge is -2.24. The van der Waals surface area contributed by atoms with Gasteiger partial charge in [0.15, 0.2) is 5.84 Å². The fraction of sp³-hybridized carbons (Fsp3) is 0.0312. The molecule has 5 aromatic rings. The van der Waals surface area contributed by atoms with Crippen molar-refractivity contribution in [3.05, 3.63) is 149 Å². The van der Waals surface area contributed by atoms with Gasteiger partial charge in [-0.15, -0.1) is 0 Å². The first-order chi connectivity index (χ1) is 18.2. The largest absolute Gasteiger partial charge is 0.344 e. The molecule has 178 valence electrons. The second-order valence-corrected chi connectivity index (χ2v) is 9.70. The lowest BCUT2D eigenvalue weighted by atomic mass is 10.0. The average molecular weight is 543 g/mol. The van der Waals surface area contributed by atoms with Gasteiger partial charge in [0.1, 0.15) is 12.0 Å². The van der Waals surface area contributed by atoms with Crippen LogP contribution in [-0.4, -0.2) is 16.7 Å². The minimum atomic E-state index is -0.252. The number of nitrogens with zero attached hydrogens (tertiary/aromatic N) is 3. The Morgan fingerprint density at radius 3 is 1.97 bits per heavy atom. The molecule has 0 spiro atoms. The molecule has 1 aliphatic rings. The maximum Gasteiger partial charge on any atom is 0.159 e. The van der Waals surface area contributed by atoms with Gasteiger partial charge in [0.25, 0.3) is 0 Å². The van der Waals surface area contributed by atoms with E-state index in [1.165, 1.54) is 11.1 Å². The highest BCUT2D eigenvalue weighted by Gasteiger charge is 2.21. The maximum atomic E-state index is 5.02. The van der Waals surface area contributed by atoms with Crippen molar-refractivity contribution >= 4 is 27.6 Å². The predicted molar refractivity (Wildman–Crippen MR) is 155 cm³/mol. The van der Waals surface area contributed by atoms with Crippen LogP contribution >= 0.6 is 15.9 Å². The highest BCUT2D eigenvalue weighted by molar-refractivity contribution is 9.10. The third-order valence-corrected chi connectivity index (χ3v) is 6.73. The summed E-state index contributed by atoms with van der Waals surface area (Å²) in [4.78, 5) is 14.3. The van der Waals surface area contributed by atoms with Crippen molar-refractivity contribution in [1.82, 2.24) is 10.3 Å². The molecular weight excluding hydrogens is 520 g/mol. The Hall–Kier alpha value is -4.35. The minimum Gasteiger partial charge on any atom is -0.344 e. The molecule has 5 heteroatoms. The molecule has 1 aromatic heterocycles. The third-order valence-electron chi connectivity index (χ3n) is 6.27. The van der Waals surface area contributed by atoms with Gasteiger partial charge < -0.3 is 5.32 Å². The molecule has 0 saturated heterocycles. The van der Waals surface area contributed by atoms with E-state index in [1.54, 1.807) is 6.20 Å². The molecule has 1 unspecified atom stereocenters. The lowest BCUT2D eigenvalue weighted by molar-refractivity contribution is 0.674. The number of aliphatic imine (C=N–C) groups is 2. The highest BCUT2D eigenvalue weighted by Crippen LogP contribution is 2.28. The number of aromatic nitrogens is 1. The number of benzene rings is 4. The van der Waals surface area contributed by atoms with Crippen molar-refractivity contribution in [1.29, 1.82) is 0 Å². The Morgan fingerprint density at radius 2 is 1.24 bits per heavy atom. The number of nitrogens with one attached hydrogen (secondary N) is 1. The molecule has 2 heterocycles. The number of rotatable bonds is 5. The maximum absolute atomic E-state index is 5.02. The monoisotopic (exact) mass is 542 g/mol. The second kappa shape index (κ2) is 10.3. The van der Waals surface area contributed by atoms with Crippen molar-refractivity contribution in [3.8, 4) is 22.3 Å². The normalized spacial score (nSPS) is 14.9. The summed E-state index contributed by atoms with van der Waals surface area (Å²) in [6.07, 6.45) is 3.40. The highest BCUT2D eigenvalue weighted by atomic mass is 79.9. The zero-order valence-electron chi connectivity index (χ0n) is 19.9. The molecule has 1 N–H and O–H groups in total. The molecule has 1 aliphatic heterocycles. The van der Waals surface area contributed by atoms with Crippen molar-refractivity contribution < 1.29 is 0 Å². The van der Waals surface area contributed by atoms with Crippen LogP contribution < -0.4 is 5.32 Å². The molecule has 0 radical (unpaired) electrons. The van der Waals surface area contributed by atoms with Crippen molar-refractivity contribution in [3.63, 3.8) is 0 Å². The standard InChI is InChI=1S/C32H23BrN4/c33-29-19-27(26-12-7-17-34-21-26)18-28(20-29)32-36-30(24-10-5-2-6-11-24)35-31(37-32)25-15-13-23(14-16-25)22-8-3-1-4-9-22/h1-21,30H,(H,35,36,37). The van der Waals surface area contributed by atoms with Crippen LogP contribution in [0.5, 0.6) is 0 Å². The van der Waals surface area contributed by atoms with E-state index in [0.29, 0.717) is 5.84 Å². The number of amidine groups is 2. The number of halogens is 1. The summed E-state index contributed by atoms with van der Waals surface area (Å²) in [6.45, 7) is 0. The molecule has 1 atom stereocenters. The second-order valence-electron chi connectivity index (χ2n) is 8.78. The molecule has 0 fully saturated rings. The quantitative estimate of drug-likeness (QED) is 0.247. The Balaban J connectivity index is 1.42. The first-order valence-electron chi connectivity index (χ1n) is 12.1. The molecule has 4 aromatic carbocycles. The van der Waals surface area contributed by atoms with Crippen LogP contribution in [0.15, 0.2) is 142 Å². The number of hydrogen-bond acceptors (Lipinski definition) is 4. The molecule has 0 aliphatic carbocycles. The summed E-state index contributed by atoms with van der Waals surface area (Å²) in [7, 11) is 0. The first kappa shape index (κ1) is 23.1.